The molecule has 0 bridgehead atoms. The predicted octanol–water partition coefficient (Wildman–Crippen LogP) is 5.21. The monoisotopic (exact) mass is 452 g/mol. The molecule has 2 aliphatic rings. The van der Waals surface area contributed by atoms with Crippen molar-refractivity contribution in [1.29, 1.82) is 10.8 Å². The highest BCUT2D eigenvalue weighted by Gasteiger charge is 2.52. The van der Waals surface area contributed by atoms with E-state index in [9.17, 15) is 0 Å². The minimum atomic E-state index is -0.493. The highest BCUT2D eigenvalue weighted by Crippen LogP contribution is 2.40. The molecule has 1 atom stereocenters. The van der Waals surface area contributed by atoms with Crippen LogP contribution in [0.15, 0.2) is 42.5 Å². The topological polar surface area (TPSA) is 72.6 Å². The van der Waals surface area contributed by atoms with Gasteiger partial charge in [0.05, 0.1) is 22.6 Å². The average Bonchev–Trinajstić information content (AvgIpc) is 2.86. The fourth-order valence-electron chi connectivity index (χ4n) is 4.11. The van der Waals surface area contributed by atoms with Crippen molar-refractivity contribution in [2.24, 2.45) is 5.92 Å². The van der Waals surface area contributed by atoms with E-state index in [1.165, 1.54) is 0 Å². The first-order valence-electron chi connectivity index (χ1n) is 10.9. The maximum Gasteiger partial charge on any atom is 0.494 e. The number of rotatable bonds is 2. The Kier molecular flexibility index (Phi) is 5.64. The van der Waals surface area contributed by atoms with Crippen LogP contribution in [0.5, 0.6) is 0 Å². The van der Waals surface area contributed by atoms with Gasteiger partial charge in [-0.05, 0) is 76.5 Å². The molecule has 2 N–H and O–H groups in total. The van der Waals surface area contributed by atoms with Crippen LogP contribution in [-0.2, 0) is 9.31 Å². The Morgan fingerprint density at radius 3 is 2.19 bits per heavy atom. The van der Waals surface area contributed by atoms with E-state index in [0.717, 1.165) is 22.5 Å². The van der Waals surface area contributed by atoms with Crippen molar-refractivity contribution >= 4 is 52.9 Å². The fourth-order valence-corrected chi connectivity index (χ4v) is 4.23. The number of anilines is 3. The lowest BCUT2D eigenvalue weighted by Crippen LogP contribution is -2.41. The van der Waals surface area contributed by atoms with E-state index in [1.807, 2.05) is 71.0 Å². The van der Waals surface area contributed by atoms with Gasteiger partial charge in [0, 0.05) is 23.2 Å². The summed E-state index contributed by atoms with van der Waals surface area (Å²) in [6, 6.07) is 13.7. The van der Waals surface area contributed by atoms with Gasteiger partial charge in [0.2, 0.25) is 0 Å². The van der Waals surface area contributed by atoms with Crippen molar-refractivity contribution in [2.75, 3.05) is 16.3 Å². The van der Waals surface area contributed by atoms with E-state index in [2.05, 4.69) is 11.0 Å². The van der Waals surface area contributed by atoms with Crippen LogP contribution in [0.4, 0.5) is 17.1 Å². The van der Waals surface area contributed by atoms with Crippen molar-refractivity contribution in [3.05, 3.63) is 47.5 Å². The van der Waals surface area contributed by atoms with Gasteiger partial charge < -0.3 is 14.2 Å². The Bertz CT molecular complexity index is 1050. The summed E-state index contributed by atoms with van der Waals surface area (Å²) in [4.78, 5) is 3.90. The molecule has 0 aromatic heterocycles. The summed E-state index contributed by atoms with van der Waals surface area (Å²) in [7, 11) is -0.493. The van der Waals surface area contributed by atoms with E-state index in [-0.39, 0.29) is 5.92 Å². The van der Waals surface area contributed by atoms with Crippen molar-refractivity contribution in [2.45, 2.75) is 52.7 Å². The first-order chi connectivity index (χ1) is 14.9. The molecule has 0 spiro atoms. The first-order valence-corrected chi connectivity index (χ1v) is 11.3. The minimum Gasteiger partial charge on any atom is -0.399 e. The summed E-state index contributed by atoms with van der Waals surface area (Å²) in [5.41, 5.74) is 2.71. The zero-order valence-corrected chi connectivity index (χ0v) is 20.2. The van der Waals surface area contributed by atoms with Crippen LogP contribution < -0.4 is 15.3 Å². The molecule has 2 aromatic rings. The van der Waals surface area contributed by atoms with E-state index in [4.69, 9.17) is 31.7 Å². The molecule has 1 saturated heterocycles. The predicted molar refractivity (Wildman–Crippen MR) is 133 cm³/mol. The van der Waals surface area contributed by atoms with Crippen LogP contribution >= 0.6 is 11.6 Å². The van der Waals surface area contributed by atoms with E-state index in [1.54, 1.807) is 11.8 Å². The summed E-state index contributed by atoms with van der Waals surface area (Å²) in [5, 5.41) is 17.8. The van der Waals surface area contributed by atoms with Crippen LogP contribution in [0, 0.1) is 16.7 Å². The Balaban J connectivity index is 1.86. The van der Waals surface area contributed by atoms with Gasteiger partial charge in [0.25, 0.3) is 0 Å². The van der Waals surface area contributed by atoms with E-state index >= 15 is 0 Å². The highest BCUT2D eigenvalue weighted by molar-refractivity contribution is 6.62. The molecule has 0 amide bonds. The van der Waals surface area contributed by atoms with Gasteiger partial charge in [-0.3, -0.25) is 15.7 Å². The molecular weight excluding hydrogens is 423 g/mol. The molecule has 0 radical (unpaired) electrons. The molecule has 2 heterocycles. The van der Waals surface area contributed by atoms with Crippen LogP contribution in [0.25, 0.3) is 0 Å². The quantitative estimate of drug-likeness (QED) is 0.373. The van der Waals surface area contributed by atoms with Crippen LogP contribution in [0.3, 0.4) is 0 Å². The van der Waals surface area contributed by atoms with Gasteiger partial charge in [-0.1, -0.05) is 24.6 Å². The third-order valence-electron chi connectivity index (χ3n) is 6.69. The molecular formula is C24H30BClN4O2. The second-order valence-electron chi connectivity index (χ2n) is 9.63. The summed E-state index contributed by atoms with van der Waals surface area (Å²) in [6.07, 6.45) is 0. The molecule has 4 rings (SSSR count). The molecule has 0 unspecified atom stereocenters. The molecule has 6 nitrogen and oxygen atoms in total. The SMILES string of the molecule is CC(=N)N1C(=N)[C@H](C)CN(c2ccc(Cl)cc2)c2cc(B3OC(C)(C)C(C)(C)O3)ccc21. The van der Waals surface area contributed by atoms with Crippen molar-refractivity contribution in [3.8, 4) is 0 Å². The Morgan fingerprint density at radius 2 is 1.62 bits per heavy atom. The largest absolute Gasteiger partial charge is 0.494 e. The summed E-state index contributed by atoms with van der Waals surface area (Å²) in [5.74, 6) is 0.627. The first kappa shape index (κ1) is 22.8. The number of hydrogen-bond acceptors (Lipinski definition) is 5. The zero-order valence-electron chi connectivity index (χ0n) is 19.5. The number of nitrogens with zero attached hydrogens (tertiary/aromatic N) is 2. The van der Waals surface area contributed by atoms with Gasteiger partial charge in [-0.2, -0.15) is 0 Å². The maximum atomic E-state index is 8.75. The Labute approximate surface area is 195 Å². The third-order valence-corrected chi connectivity index (χ3v) is 6.95. The molecule has 0 aliphatic carbocycles. The number of fused-ring (bicyclic) bond motifs is 1. The number of nitrogens with one attached hydrogen (secondary N) is 2. The van der Waals surface area contributed by atoms with Crippen LogP contribution in [-0.4, -0.2) is 36.5 Å². The molecule has 168 valence electrons. The number of benzene rings is 2. The Morgan fingerprint density at radius 1 is 1.03 bits per heavy atom. The lowest BCUT2D eigenvalue weighted by molar-refractivity contribution is 0.00578. The Hall–Kier alpha value is -2.35. The van der Waals surface area contributed by atoms with Crippen LogP contribution in [0.2, 0.25) is 5.02 Å². The van der Waals surface area contributed by atoms with E-state index < -0.39 is 18.3 Å². The van der Waals surface area contributed by atoms with Crippen molar-refractivity contribution < 1.29 is 9.31 Å². The molecule has 8 heteroatoms. The van der Waals surface area contributed by atoms with Gasteiger partial charge in [-0.15, -0.1) is 0 Å². The second-order valence-corrected chi connectivity index (χ2v) is 10.1. The number of amidine groups is 2. The standard InChI is InChI=1S/C24H30BClN4O2/c1-15-14-29(19-10-8-18(26)9-11-19)21-13-17(25-31-23(3,4)24(5,6)32-25)7-12-20(21)30(16(2)27)22(15)28/h7-13,15,27-28H,14H2,1-6H3/t15-/m1/s1. The van der Waals surface area contributed by atoms with E-state index in [0.29, 0.717) is 23.2 Å². The average molecular weight is 453 g/mol. The summed E-state index contributed by atoms with van der Waals surface area (Å²) in [6.45, 7) is 12.5. The van der Waals surface area contributed by atoms with Gasteiger partial charge in [0.1, 0.15) is 11.7 Å². The maximum absolute atomic E-state index is 8.75. The fraction of sp³-hybridized carbons (Fsp3) is 0.417. The highest BCUT2D eigenvalue weighted by atomic mass is 35.5. The summed E-state index contributed by atoms with van der Waals surface area (Å²) >= 11 is 6.14. The molecule has 1 fully saturated rings. The van der Waals surface area contributed by atoms with Crippen molar-refractivity contribution in [1.82, 2.24) is 0 Å². The lowest BCUT2D eigenvalue weighted by Gasteiger charge is -2.32. The molecule has 2 aromatic carbocycles. The van der Waals surface area contributed by atoms with Crippen molar-refractivity contribution in [3.63, 3.8) is 0 Å². The molecule has 32 heavy (non-hydrogen) atoms. The normalized spacial score (nSPS) is 22.0. The van der Waals surface area contributed by atoms with Crippen LogP contribution in [0.1, 0.15) is 41.5 Å². The van der Waals surface area contributed by atoms with Gasteiger partial charge in [0.15, 0.2) is 0 Å². The zero-order chi connectivity index (χ0) is 23.4. The molecule has 2 aliphatic heterocycles. The summed E-state index contributed by atoms with van der Waals surface area (Å²) < 4.78 is 12.6. The lowest BCUT2D eigenvalue weighted by atomic mass is 9.78. The molecule has 0 saturated carbocycles. The van der Waals surface area contributed by atoms with Gasteiger partial charge >= 0.3 is 7.12 Å². The van der Waals surface area contributed by atoms with Gasteiger partial charge in [-0.25, -0.2) is 0 Å². The number of halogens is 1. The smallest absolute Gasteiger partial charge is 0.399 e. The second kappa shape index (κ2) is 7.90. The minimum absolute atomic E-state index is 0.0846. The number of hydrogen-bond donors (Lipinski definition) is 2. The third kappa shape index (κ3) is 3.83.